The van der Waals surface area contributed by atoms with Crippen LogP contribution in [0.5, 0.6) is 0 Å². The number of carbonyl (C=O) groups excluding carboxylic acids is 1. The van der Waals surface area contributed by atoms with Gasteiger partial charge in [-0.2, -0.15) is 5.26 Å². The van der Waals surface area contributed by atoms with Crippen molar-refractivity contribution in [2.45, 2.75) is 37.5 Å². The molecule has 0 N–H and O–H groups in total. The molecule has 0 radical (unpaired) electrons. The molecule has 1 aromatic rings. The van der Waals surface area contributed by atoms with Crippen LogP contribution < -0.4 is 0 Å². The molecule has 0 bridgehead atoms. The average Bonchev–Trinajstić information content (AvgIpc) is 2.88. The van der Waals surface area contributed by atoms with Crippen molar-refractivity contribution in [3.8, 4) is 6.07 Å². The Labute approximate surface area is 112 Å². The van der Waals surface area contributed by atoms with Gasteiger partial charge >= 0.3 is 0 Å². The molecule has 1 saturated carbocycles. The largest absolute Gasteiger partial charge is 0.294 e. The van der Waals surface area contributed by atoms with Crippen LogP contribution in [-0.2, 0) is 0 Å². The molecule has 0 saturated heterocycles. The quantitative estimate of drug-likeness (QED) is 0.605. The number of ketones is 1. The fourth-order valence-corrected chi connectivity index (χ4v) is 3.71. The molecule has 2 nitrogen and oxygen atoms in total. The van der Waals surface area contributed by atoms with Crippen molar-refractivity contribution in [3.63, 3.8) is 0 Å². The lowest BCUT2D eigenvalue weighted by Gasteiger charge is -2.11. The number of carbonyl (C=O) groups is 1. The maximum absolute atomic E-state index is 11.6. The second-order valence-corrected chi connectivity index (χ2v) is 5.90. The van der Waals surface area contributed by atoms with Gasteiger partial charge in [0.05, 0.1) is 11.6 Å². The maximum atomic E-state index is 11.6. The van der Waals surface area contributed by atoms with Crippen molar-refractivity contribution in [3.05, 3.63) is 29.3 Å². The highest BCUT2D eigenvalue weighted by molar-refractivity contribution is 7.99. The lowest BCUT2D eigenvalue weighted by molar-refractivity contribution is 0.101. The third kappa shape index (κ3) is 3.14. The van der Waals surface area contributed by atoms with Gasteiger partial charge in [-0.15, -0.1) is 11.8 Å². The second kappa shape index (κ2) is 6.06. The summed E-state index contributed by atoms with van der Waals surface area (Å²) in [6.45, 7) is 1.58. The molecule has 1 fully saturated rings. The fourth-order valence-electron chi connectivity index (χ4n) is 2.39. The van der Waals surface area contributed by atoms with Gasteiger partial charge in [0.25, 0.3) is 0 Å². The van der Waals surface area contributed by atoms with Crippen molar-refractivity contribution < 1.29 is 4.79 Å². The van der Waals surface area contributed by atoms with Crippen molar-refractivity contribution >= 4 is 17.5 Å². The lowest BCUT2D eigenvalue weighted by atomic mass is 10.1. The first-order chi connectivity index (χ1) is 8.70. The molecule has 1 aliphatic rings. The first kappa shape index (κ1) is 13.2. The van der Waals surface area contributed by atoms with Gasteiger partial charge in [-0.25, -0.2) is 0 Å². The number of thioether (sulfide) groups is 1. The molecular formula is C15H17NOS. The minimum absolute atomic E-state index is 0.0772. The van der Waals surface area contributed by atoms with Gasteiger partial charge in [-0.3, -0.25) is 4.79 Å². The highest BCUT2D eigenvalue weighted by Gasteiger charge is 2.16. The van der Waals surface area contributed by atoms with Crippen LogP contribution in [0.15, 0.2) is 23.1 Å². The van der Waals surface area contributed by atoms with Gasteiger partial charge in [0, 0.05) is 16.2 Å². The van der Waals surface area contributed by atoms with E-state index in [2.05, 4.69) is 6.07 Å². The summed E-state index contributed by atoms with van der Waals surface area (Å²) in [5, 5.41) is 8.93. The SMILES string of the molecule is CC(=O)c1ccc(C#N)cc1SCC1CCCC1. The molecule has 1 aliphatic carbocycles. The predicted molar refractivity (Wildman–Crippen MR) is 73.8 cm³/mol. The van der Waals surface area contributed by atoms with Crippen LogP contribution >= 0.6 is 11.8 Å². The highest BCUT2D eigenvalue weighted by atomic mass is 32.2. The standard InChI is InChI=1S/C15H17NOS/c1-11(17)14-7-6-13(9-16)8-15(14)18-10-12-4-2-3-5-12/h6-8,12H,2-5,10H2,1H3. The summed E-state index contributed by atoms with van der Waals surface area (Å²) in [6.07, 6.45) is 5.28. The summed E-state index contributed by atoms with van der Waals surface area (Å²) in [5.74, 6) is 1.92. The lowest BCUT2D eigenvalue weighted by Crippen LogP contribution is -2.00. The van der Waals surface area contributed by atoms with E-state index in [9.17, 15) is 4.79 Å². The summed E-state index contributed by atoms with van der Waals surface area (Å²) in [5.41, 5.74) is 1.38. The maximum Gasteiger partial charge on any atom is 0.160 e. The van der Waals surface area contributed by atoms with Gasteiger partial charge in [-0.1, -0.05) is 12.8 Å². The number of benzene rings is 1. The van der Waals surface area contributed by atoms with Crippen LogP contribution in [0.4, 0.5) is 0 Å². The molecule has 0 spiro atoms. The first-order valence-corrected chi connectivity index (χ1v) is 7.37. The highest BCUT2D eigenvalue weighted by Crippen LogP contribution is 2.32. The van der Waals surface area contributed by atoms with E-state index in [4.69, 9.17) is 5.26 Å². The minimum atomic E-state index is 0.0772. The Balaban J connectivity index is 2.13. The molecule has 1 aromatic carbocycles. The summed E-state index contributed by atoms with van der Waals surface area (Å²) >= 11 is 1.73. The number of rotatable bonds is 4. The van der Waals surface area contributed by atoms with Crippen molar-refractivity contribution in [2.24, 2.45) is 5.92 Å². The summed E-state index contributed by atoms with van der Waals surface area (Å²) in [6, 6.07) is 7.47. The van der Waals surface area contributed by atoms with Gasteiger partial charge < -0.3 is 0 Å². The third-order valence-electron chi connectivity index (χ3n) is 3.44. The van der Waals surface area contributed by atoms with E-state index in [0.717, 1.165) is 22.1 Å². The van der Waals surface area contributed by atoms with Crippen LogP contribution in [0.1, 0.15) is 48.5 Å². The molecule has 0 amide bonds. The van der Waals surface area contributed by atoms with E-state index < -0.39 is 0 Å². The third-order valence-corrected chi connectivity index (χ3v) is 4.73. The molecule has 3 heteroatoms. The molecule has 0 unspecified atom stereocenters. The number of hydrogen-bond acceptors (Lipinski definition) is 3. The van der Waals surface area contributed by atoms with Gasteiger partial charge in [0.15, 0.2) is 5.78 Å². The summed E-state index contributed by atoms with van der Waals surface area (Å²) in [4.78, 5) is 12.5. The van der Waals surface area contributed by atoms with Crippen LogP contribution in [0.2, 0.25) is 0 Å². The molecule has 18 heavy (non-hydrogen) atoms. The summed E-state index contributed by atoms with van der Waals surface area (Å²) in [7, 11) is 0. The van der Waals surface area contributed by atoms with Gasteiger partial charge in [-0.05, 0) is 43.9 Å². The number of hydrogen-bond donors (Lipinski definition) is 0. The van der Waals surface area contributed by atoms with Crippen molar-refractivity contribution in [1.29, 1.82) is 5.26 Å². The molecule has 94 valence electrons. The number of nitriles is 1. The monoisotopic (exact) mass is 259 g/mol. The predicted octanol–water partition coefficient (Wildman–Crippen LogP) is 4.04. The Morgan fingerprint density at radius 2 is 2.17 bits per heavy atom. The van der Waals surface area contributed by atoms with E-state index in [0.29, 0.717) is 5.56 Å². The molecule has 0 atom stereocenters. The van der Waals surface area contributed by atoms with Crippen LogP contribution in [0, 0.1) is 17.2 Å². The zero-order chi connectivity index (χ0) is 13.0. The fraction of sp³-hybridized carbons (Fsp3) is 0.467. The topological polar surface area (TPSA) is 40.9 Å². The number of nitrogens with zero attached hydrogens (tertiary/aromatic N) is 1. The van der Waals surface area contributed by atoms with E-state index in [1.807, 2.05) is 6.07 Å². The van der Waals surface area contributed by atoms with E-state index in [-0.39, 0.29) is 5.78 Å². The minimum Gasteiger partial charge on any atom is -0.294 e. The molecule has 0 aliphatic heterocycles. The molecule has 0 aromatic heterocycles. The number of Topliss-reactive ketones (excluding diaryl/α,β-unsaturated/α-hetero) is 1. The zero-order valence-corrected chi connectivity index (χ0v) is 11.4. The average molecular weight is 259 g/mol. The Kier molecular flexibility index (Phi) is 4.43. The van der Waals surface area contributed by atoms with Crippen LogP contribution in [0.3, 0.4) is 0 Å². The van der Waals surface area contributed by atoms with Gasteiger partial charge in [0.1, 0.15) is 0 Å². The molecular weight excluding hydrogens is 242 g/mol. The Hall–Kier alpha value is -1.27. The van der Waals surface area contributed by atoms with E-state index in [1.165, 1.54) is 25.7 Å². The molecule has 0 heterocycles. The first-order valence-electron chi connectivity index (χ1n) is 6.38. The van der Waals surface area contributed by atoms with Crippen molar-refractivity contribution in [1.82, 2.24) is 0 Å². The van der Waals surface area contributed by atoms with E-state index in [1.54, 1.807) is 30.8 Å². The van der Waals surface area contributed by atoms with E-state index >= 15 is 0 Å². The normalized spacial score (nSPS) is 15.6. The Morgan fingerprint density at radius 3 is 2.78 bits per heavy atom. The Bertz CT molecular complexity index is 484. The Morgan fingerprint density at radius 1 is 1.44 bits per heavy atom. The van der Waals surface area contributed by atoms with Crippen molar-refractivity contribution in [2.75, 3.05) is 5.75 Å². The summed E-state index contributed by atoms with van der Waals surface area (Å²) < 4.78 is 0. The second-order valence-electron chi connectivity index (χ2n) is 4.84. The zero-order valence-electron chi connectivity index (χ0n) is 10.6. The van der Waals surface area contributed by atoms with Crippen LogP contribution in [-0.4, -0.2) is 11.5 Å². The molecule has 2 rings (SSSR count). The smallest absolute Gasteiger partial charge is 0.160 e. The van der Waals surface area contributed by atoms with Gasteiger partial charge in [0.2, 0.25) is 0 Å². The van der Waals surface area contributed by atoms with Crippen LogP contribution in [0.25, 0.3) is 0 Å².